The summed E-state index contributed by atoms with van der Waals surface area (Å²) in [4.78, 5) is 5.04. The highest BCUT2D eigenvalue weighted by Crippen LogP contribution is 2.48. The van der Waals surface area contributed by atoms with E-state index >= 15 is 0 Å². The van der Waals surface area contributed by atoms with Crippen molar-refractivity contribution in [3.63, 3.8) is 0 Å². The van der Waals surface area contributed by atoms with Crippen molar-refractivity contribution < 1.29 is 0 Å². The van der Waals surface area contributed by atoms with Crippen LogP contribution in [0.1, 0.15) is 101 Å². The maximum absolute atomic E-state index is 5.04. The fourth-order valence-electron chi connectivity index (χ4n) is 4.37. The number of fused-ring (bicyclic) bond motifs is 1. The molecular formula is C21H35N. The first-order chi connectivity index (χ1) is 10.2. The van der Waals surface area contributed by atoms with Crippen LogP contribution in [0.3, 0.4) is 0 Å². The third-order valence-electron chi connectivity index (χ3n) is 6.29. The van der Waals surface area contributed by atoms with Crippen molar-refractivity contribution in [2.75, 3.05) is 0 Å². The highest BCUT2D eigenvalue weighted by molar-refractivity contribution is 5.46. The summed E-state index contributed by atoms with van der Waals surface area (Å²) in [7, 11) is 0. The summed E-state index contributed by atoms with van der Waals surface area (Å²) in [6.45, 7) is 21.2. The van der Waals surface area contributed by atoms with Gasteiger partial charge in [-0.05, 0) is 72.5 Å². The van der Waals surface area contributed by atoms with E-state index in [2.05, 4.69) is 62.3 Å². The topological polar surface area (TPSA) is 12.9 Å². The Bertz CT molecular complexity index is 541. The van der Waals surface area contributed by atoms with Crippen LogP contribution in [0, 0.1) is 31.6 Å². The molecule has 1 heteroatoms. The van der Waals surface area contributed by atoms with Crippen molar-refractivity contribution in [1.29, 1.82) is 0 Å². The Morgan fingerprint density at radius 1 is 0.955 bits per heavy atom. The molecule has 1 aromatic heterocycles. The summed E-state index contributed by atoms with van der Waals surface area (Å²) in [5, 5.41) is 0. The lowest BCUT2D eigenvalue weighted by Crippen LogP contribution is -2.16. The average Bonchev–Trinajstić information content (AvgIpc) is 2.53. The lowest BCUT2D eigenvalue weighted by atomic mass is 9.78. The molecule has 1 nitrogen and oxygen atoms in total. The van der Waals surface area contributed by atoms with E-state index in [-0.39, 0.29) is 0 Å². The van der Waals surface area contributed by atoms with Gasteiger partial charge in [-0.2, -0.15) is 0 Å². The van der Waals surface area contributed by atoms with E-state index in [1.54, 1.807) is 11.1 Å². The van der Waals surface area contributed by atoms with Gasteiger partial charge in [0.1, 0.15) is 0 Å². The van der Waals surface area contributed by atoms with E-state index in [0.29, 0.717) is 23.7 Å². The van der Waals surface area contributed by atoms with E-state index in [1.165, 1.54) is 23.4 Å². The second-order valence-electron chi connectivity index (χ2n) is 8.40. The Hall–Kier alpha value is -0.850. The van der Waals surface area contributed by atoms with Crippen molar-refractivity contribution in [3.8, 4) is 0 Å². The second-order valence-corrected chi connectivity index (χ2v) is 8.40. The predicted molar refractivity (Wildman–Crippen MR) is 96.7 cm³/mol. The fourth-order valence-corrected chi connectivity index (χ4v) is 4.37. The average molecular weight is 302 g/mol. The molecule has 0 N–H and O–H groups in total. The van der Waals surface area contributed by atoms with Crippen LogP contribution in [0.25, 0.3) is 0 Å². The molecule has 1 aliphatic rings. The number of pyridine rings is 1. The minimum absolute atomic E-state index is 0.505. The van der Waals surface area contributed by atoms with Crippen LogP contribution < -0.4 is 0 Å². The number of aryl methyl sites for hydroxylation is 1. The van der Waals surface area contributed by atoms with Gasteiger partial charge in [0.25, 0.3) is 0 Å². The normalized spacial score (nSPS) is 28.9. The number of nitrogens with zero attached hydrogens (tertiary/aromatic N) is 1. The molecule has 0 fully saturated rings. The van der Waals surface area contributed by atoms with Gasteiger partial charge < -0.3 is 0 Å². The Morgan fingerprint density at radius 3 is 2.05 bits per heavy atom. The van der Waals surface area contributed by atoms with Crippen molar-refractivity contribution in [1.82, 2.24) is 4.98 Å². The molecule has 1 aliphatic carbocycles. The molecule has 1 unspecified atom stereocenters. The quantitative estimate of drug-likeness (QED) is 0.581. The molecule has 124 valence electrons. The van der Waals surface area contributed by atoms with E-state index in [4.69, 9.17) is 4.98 Å². The Morgan fingerprint density at radius 2 is 1.55 bits per heavy atom. The summed E-state index contributed by atoms with van der Waals surface area (Å²) in [6.07, 6.45) is 1.31. The lowest BCUT2D eigenvalue weighted by Gasteiger charge is -2.29. The zero-order valence-corrected chi connectivity index (χ0v) is 16.1. The van der Waals surface area contributed by atoms with Crippen LogP contribution in [0.15, 0.2) is 0 Å². The van der Waals surface area contributed by atoms with Crippen molar-refractivity contribution in [3.05, 3.63) is 28.1 Å². The van der Waals surface area contributed by atoms with E-state index in [0.717, 1.165) is 11.8 Å². The predicted octanol–water partition coefficient (Wildman–Crippen LogP) is 6.34. The first-order valence-electron chi connectivity index (χ1n) is 9.17. The fraction of sp³-hybridized carbons (Fsp3) is 0.762. The van der Waals surface area contributed by atoms with Gasteiger partial charge >= 0.3 is 0 Å². The summed E-state index contributed by atoms with van der Waals surface area (Å²) in [6, 6.07) is 0. The molecule has 0 saturated heterocycles. The van der Waals surface area contributed by atoms with Gasteiger partial charge in [0.05, 0.1) is 0 Å². The highest BCUT2D eigenvalue weighted by atomic mass is 14.7. The van der Waals surface area contributed by atoms with Crippen molar-refractivity contribution in [2.24, 2.45) is 17.8 Å². The van der Waals surface area contributed by atoms with Gasteiger partial charge in [-0.15, -0.1) is 0 Å². The third-order valence-corrected chi connectivity index (χ3v) is 6.29. The van der Waals surface area contributed by atoms with Gasteiger partial charge in [0.2, 0.25) is 0 Å². The molecule has 0 radical (unpaired) electrons. The number of hydrogen-bond donors (Lipinski definition) is 0. The number of rotatable bonds is 2. The molecule has 0 aromatic carbocycles. The minimum Gasteiger partial charge on any atom is -0.257 e. The van der Waals surface area contributed by atoms with Gasteiger partial charge in [0, 0.05) is 11.4 Å². The first kappa shape index (κ1) is 17.5. The molecule has 0 spiro atoms. The van der Waals surface area contributed by atoms with E-state index < -0.39 is 0 Å². The molecule has 0 aliphatic heterocycles. The van der Waals surface area contributed by atoms with Crippen molar-refractivity contribution in [2.45, 2.75) is 86.5 Å². The molecular weight excluding hydrogens is 266 g/mol. The number of aromatic nitrogens is 1. The SMILES string of the molecule is Cc1nc(C(C)C)c2c(c1C)[C@H](C)[C@H](C)[C@H](C)CC2C(C)C. The van der Waals surface area contributed by atoms with Gasteiger partial charge in [-0.25, -0.2) is 0 Å². The van der Waals surface area contributed by atoms with Crippen LogP contribution in [0.2, 0.25) is 0 Å². The largest absolute Gasteiger partial charge is 0.257 e. The maximum Gasteiger partial charge on any atom is 0.0470 e. The molecule has 4 atom stereocenters. The number of hydrogen-bond acceptors (Lipinski definition) is 1. The maximum atomic E-state index is 5.04. The van der Waals surface area contributed by atoms with Crippen LogP contribution in [-0.2, 0) is 0 Å². The summed E-state index contributed by atoms with van der Waals surface area (Å²) < 4.78 is 0. The Kier molecular flexibility index (Phi) is 5.04. The Labute approximate surface area is 137 Å². The van der Waals surface area contributed by atoms with Crippen LogP contribution in [0.4, 0.5) is 0 Å². The van der Waals surface area contributed by atoms with Crippen molar-refractivity contribution >= 4 is 0 Å². The molecule has 22 heavy (non-hydrogen) atoms. The van der Waals surface area contributed by atoms with Gasteiger partial charge in [0.15, 0.2) is 0 Å². The first-order valence-corrected chi connectivity index (χ1v) is 9.17. The molecule has 1 heterocycles. The molecule has 0 amide bonds. The smallest absolute Gasteiger partial charge is 0.0470 e. The van der Waals surface area contributed by atoms with Gasteiger partial charge in [-0.3, -0.25) is 4.98 Å². The summed E-state index contributed by atoms with van der Waals surface area (Å²) in [5.41, 5.74) is 7.28. The van der Waals surface area contributed by atoms with E-state index in [1.807, 2.05) is 0 Å². The van der Waals surface area contributed by atoms with Crippen LogP contribution in [0.5, 0.6) is 0 Å². The van der Waals surface area contributed by atoms with Crippen LogP contribution >= 0.6 is 0 Å². The Balaban J connectivity index is 2.81. The summed E-state index contributed by atoms with van der Waals surface area (Å²) >= 11 is 0. The zero-order valence-electron chi connectivity index (χ0n) is 16.1. The third kappa shape index (κ3) is 2.84. The lowest BCUT2D eigenvalue weighted by molar-refractivity contribution is 0.298. The zero-order chi connectivity index (χ0) is 16.8. The van der Waals surface area contributed by atoms with E-state index in [9.17, 15) is 0 Å². The standard InChI is InChI=1S/C21H35N/c1-11(2)18-10-13(5)14(6)15(7)19-16(8)17(9)22-21(12(3)4)20(18)19/h11-15,18H,10H2,1-9H3/t13-,14-,15-,18?/m1/s1. The monoisotopic (exact) mass is 301 g/mol. The summed E-state index contributed by atoms with van der Waals surface area (Å²) in [5.74, 6) is 3.98. The molecule has 0 saturated carbocycles. The second kappa shape index (κ2) is 6.34. The van der Waals surface area contributed by atoms with Crippen LogP contribution in [-0.4, -0.2) is 4.98 Å². The minimum atomic E-state index is 0.505. The molecule has 1 aromatic rings. The molecule has 2 rings (SSSR count). The highest BCUT2D eigenvalue weighted by Gasteiger charge is 2.36. The van der Waals surface area contributed by atoms with Gasteiger partial charge in [-0.1, -0.05) is 48.5 Å². The molecule has 0 bridgehead atoms.